The second-order valence-electron chi connectivity index (χ2n) is 4.23. The second kappa shape index (κ2) is 3.13. The molecular weight excluding hydrogens is 168 g/mol. The minimum Gasteiger partial charge on any atom is -0.481 e. The van der Waals surface area contributed by atoms with Crippen LogP contribution in [0, 0.1) is 17.8 Å². The van der Waals surface area contributed by atoms with Gasteiger partial charge in [0.2, 0.25) is 0 Å². The third-order valence-corrected chi connectivity index (χ3v) is 3.40. The first-order chi connectivity index (χ1) is 6.18. The number of rotatable bonds is 1. The second-order valence-corrected chi connectivity index (χ2v) is 4.23. The Morgan fingerprint density at radius 1 is 1.23 bits per heavy atom. The number of carbonyl (C=O) groups is 2. The average Bonchev–Trinajstić information content (AvgIpc) is 2.02. The predicted molar refractivity (Wildman–Crippen MR) is 46.2 cm³/mol. The zero-order chi connectivity index (χ0) is 9.42. The van der Waals surface area contributed by atoms with Crippen LogP contribution in [0.4, 0.5) is 0 Å². The van der Waals surface area contributed by atoms with Gasteiger partial charge >= 0.3 is 5.97 Å². The molecule has 0 saturated heterocycles. The van der Waals surface area contributed by atoms with Crippen LogP contribution in [-0.4, -0.2) is 16.9 Å². The maximum atomic E-state index is 11.6. The number of aliphatic carboxylic acids is 1. The highest BCUT2D eigenvalue weighted by Gasteiger charge is 2.41. The largest absolute Gasteiger partial charge is 0.481 e. The molecular formula is C10H14O3. The molecule has 2 fully saturated rings. The number of carboxylic acid groups (broad SMARTS) is 1. The minimum absolute atomic E-state index is 0.0635. The Bertz CT molecular complexity index is 231. The van der Waals surface area contributed by atoms with Crippen molar-refractivity contribution in [3.05, 3.63) is 0 Å². The standard InChI is InChI=1S/C10H14O3/c11-9-6-2-1-3-7(9)5-8(4-6)10(12)13/h6-8H,1-5H2,(H,12,13)/t6-,7-/m1/s1. The zero-order valence-corrected chi connectivity index (χ0v) is 7.53. The summed E-state index contributed by atoms with van der Waals surface area (Å²) in [6.07, 6.45) is 4.11. The number of carbonyl (C=O) groups excluding carboxylic acids is 1. The SMILES string of the molecule is O=C(O)C1C[C@H]2CCC[C@H](C1)C2=O. The summed E-state index contributed by atoms with van der Waals surface area (Å²) in [5, 5.41) is 8.87. The van der Waals surface area contributed by atoms with Crippen LogP contribution in [0.5, 0.6) is 0 Å². The van der Waals surface area contributed by atoms with Crippen molar-refractivity contribution in [1.82, 2.24) is 0 Å². The minimum atomic E-state index is -0.718. The van der Waals surface area contributed by atoms with E-state index in [1.807, 2.05) is 0 Å². The van der Waals surface area contributed by atoms with Crippen molar-refractivity contribution in [3.63, 3.8) is 0 Å². The topological polar surface area (TPSA) is 54.4 Å². The van der Waals surface area contributed by atoms with Crippen molar-refractivity contribution in [2.45, 2.75) is 32.1 Å². The van der Waals surface area contributed by atoms with Crippen LogP contribution >= 0.6 is 0 Å². The molecule has 0 spiro atoms. The number of carboxylic acids is 1. The molecule has 0 aromatic carbocycles. The van der Waals surface area contributed by atoms with Crippen LogP contribution < -0.4 is 0 Å². The third kappa shape index (κ3) is 1.47. The van der Waals surface area contributed by atoms with Gasteiger partial charge in [-0.05, 0) is 25.7 Å². The molecule has 3 nitrogen and oxygen atoms in total. The average molecular weight is 182 g/mol. The fourth-order valence-corrected chi connectivity index (χ4v) is 2.68. The van der Waals surface area contributed by atoms with E-state index in [-0.39, 0.29) is 17.8 Å². The number of ketones is 1. The van der Waals surface area contributed by atoms with Crippen LogP contribution in [0.3, 0.4) is 0 Å². The smallest absolute Gasteiger partial charge is 0.306 e. The Hall–Kier alpha value is -0.860. The molecule has 2 saturated carbocycles. The zero-order valence-electron chi connectivity index (χ0n) is 7.53. The molecule has 0 aliphatic heterocycles. The molecule has 3 heteroatoms. The van der Waals surface area contributed by atoms with Gasteiger partial charge in [0.25, 0.3) is 0 Å². The monoisotopic (exact) mass is 182 g/mol. The van der Waals surface area contributed by atoms with Crippen molar-refractivity contribution in [1.29, 1.82) is 0 Å². The Morgan fingerprint density at radius 2 is 1.77 bits per heavy atom. The summed E-state index contributed by atoms with van der Waals surface area (Å²) < 4.78 is 0. The van der Waals surface area contributed by atoms with E-state index in [1.54, 1.807) is 0 Å². The van der Waals surface area contributed by atoms with Gasteiger partial charge in [0.1, 0.15) is 5.78 Å². The lowest BCUT2D eigenvalue weighted by Gasteiger charge is -2.35. The summed E-state index contributed by atoms with van der Waals surface area (Å²) in [6, 6.07) is 0. The van der Waals surface area contributed by atoms with E-state index in [0.29, 0.717) is 18.6 Å². The normalized spacial score (nSPS) is 38.8. The number of fused-ring (bicyclic) bond motifs is 2. The first kappa shape index (κ1) is 8.73. The summed E-state index contributed by atoms with van der Waals surface area (Å²) in [7, 11) is 0. The lowest BCUT2D eigenvalue weighted by Crippen LogP contribution is -2.38. The maximum absolute atomic E-state index is 11.6. The highest BCUT2D eigenvalue weighted by molar-refractivity contribution is 5.86. The molecule has 2 rings (SSSR count). The highest BCUT2D eigenvalue weighted by Crippen LogP contribution is 2.39. The van der Waals surface area contributed by atoms with Gasteiger partial charge in [-0.2, -0.15) is 0 Å². The van der Waals surface area contributed by atoms with Gasteiger partial charge in [0.15, 0.2) is 0 Å². The van der Waals surface area contributed by atoms with Crippen molar-refractivity contribution in [3.8, 4) is 0 Å². The molecule has 0 heterocycles. The van der Waals surface area contributed by atoms with Crippen molar-refractivity contribution in [2.75, 3.05) is 0 Å². The number of hydrogen-bond acceptors (Lipinski definition) is 2. The Kier molecular flexibility index (Phi) is 2.10. The van der Waals surface area contributed by atoms with Gasteiger partial charge < -0.3 is 5.11 Å². The molecule has 13 heavy (non-hydrogen) atoms. The maximum Gasteiger partial charge on any atom is 0.306 e. The Morgan fingerprint density at radius 3 is 2.23 bits per heavy atom. The Labute approximate surface area is 77.1 Å². The lowest BCUT2D eigenvalue weighted by molar-refractivity contribution is -0.147. The van der Waals surface area contributed by atoms with Crippen molar-refractivity contribution >= 4 is 11.8 Å². The molecule has 2 atom stereocenters. The highest BCUT2D eigenvalue weighted by atomic mass is 16.4. The first-order valence-corrected chi connectivity index (χ1v) is 4.95. The molecule has 0 aromatic heterocycles. The summed E-state index contributed by atoms with van der Waals surface area (Å²) in [5.74, 6) is -0.511. The van der Waals surface area contributed by atoms with E-state index < -0.39 is 5.97 Å². The predicted octanol–water partition coefficient (Wildman–Crippen LogP) is 1.47. The summed E-state index contributed by atoms with van der Waals surface area (Å²) in [4.78, 5) is 22.4. The summed E-state index contributed by atoms with van der Waals surface area (Å²) >= 11 is 0. The van der Waals surface area contributed by atoms with E-state index in [1.165, 1.54) is 0 Å². The van der Waals surface area contributed by atoms with Gasteiger partial charge in [-0.3, -0.25) is 9.59 Å². The van der Waals surface area contributed by atoms with E-state index >= 15 is 0 Å². The molecule has 2 bridgehead atoms. The van der Waals surface area contributed by atoms with Crippen LogP contribution in [0.1, 0.15) is 32.1 Å². The molecule has 0 amide bonds. The molecule has 0 aromatic rings. The molecule has 72 valence electrons. The lowest BCUT2D eigenvalue weighted by atomic mass is 9.67. The van der Waals surface area contributed by atoms with E-state index in [4.69, 9.17) is 5.11 Å². The summed E-state index contributed by atoms with van der Waals surface area (Å²) in [5.41, 5.74) is 0. The van der Waals surface area contributed by atoms with Gasteiger partial charge in [0, 0.05) is 11.8 Å². The van der Waals surface area contributed by atoms with Gasteiger partial charge in [-0.1, -0.05) is 6.42 Å². The molecule has 1 N–H and O–H groups in total. The number of hydrogen-bond donors (Lipinski definition) is 1. The van der Waals surface area contributed by atoms with E-state index in [2.05, 4.69) is 0 Å². The number of Topliss-reactive ketones (excluding diaryl/α,β-unsaturated/α-hetero) is 1. The Balaban J connectivity index is 2.11. The van der Waals surface area contributed by atoms with Gasteiger partial charge in [-0.25, -0.2) is 0 Å². The van der Waals surface area contributed by atoms with Crippen molar-refractivity contribution < 1.29 is 14.7 Å². The van der Waals surface area contributed by atoms with Crippen molar-refractivity contribution in [2.24, 2.45) is 17.8 Å². The van der Waals surface area contributed by atoms with Gasteiger partial charge in [0.05, 0.1) is 5.92 Å². The molecule has 2 aliphatic rings. The van der Waals surface area contributed by atoms with Crippen LogP contribution in [0.15, 0.2) is 0 Å². The third-order valence-electron chi connectivity index (χ3n) is 3.40. The molecule has 0 unspecified atom stereocenters. The molecule has 0 radical (unpaired) electrons. The summed E-state index contributed by atoms with van der Waals surface area (Å²) in [6.45, 7) is 0. The van der Waals surface area contributed by atoms with Crippen LogP contribution in [0.25, 0.3) is 0 Å². The van der Waals surface area contributed by atoms with E-state index in [0.717, 1.165) is 19.3 Å². The fraction of sp³-hybridized carbons (Fsp3) is 0.800. The fourth-order valence-electron chi connectivity index (χ4n) is 2.68. The first-order valence-electron chi connectivity index (χ1n) is 4.95. The molecule has 2 aliphatic carbocycles. The van der Waals surface area contributed by atoms with E-state index in [9.17, 15) is 9.59 Å². The quantitative estimate of drug-likeness (QED) is 0.668. The van der Waals surface area contributed by atoms with Crippen LogP contribution in [0.2, 0.25) is 0 Å². The van der Waals surface area contributed by atoms with Crippen LogP contribution in [-0.2, 0) is 9.59 Å². The van der Waals surface area contributed by atoms with Gasteiger partial charge in [-0.15, -0.1) is 0 Å².